The van der Waals surface area contributed by atoms with E-state index >= 15 is 0 Å². The topological polar surface area (TPSA) is 95.7 Å². The monoisotopic (exact) mass is 348 g/mol. The van der Waals surface area contributed by atoms with E-state index in [4.69, 9.17) is 5.11 Å². The zero-order valence-electron chi connectivity index (χ0n) is 12.8. The van der Waals surface area contributed by atoms with Crippen molar-refractivity contribution in [2.75, 3.05) is 26.2 Å². The fourth-order valence-corrected chi connectivity index (χ4v) is 3.24. The summed E-state index contributed by atoms with van der Waals surface area (Å²) in [6, 6.07) is 3.63. The molecule has 1 N–H and O–H groups in total. The lowest BCUT2D eigenvalue weighted by Gasteiger charge is -2.34. The van der Waals surface area contributed by atoms with E-state index in [2.05, 4.69) is 5.10 Å². The van der Waals surface area contributed by atoms with Crippen molar-refractivity contribution in [3.05, 3.63) is 40.3 Å². The van der Waals surface area contributed by atoms with E-state index in [9.17, 15) is 14.4 Å². The van der Waals surface area contributed by atoms with Gasteiger partial charge in [-0.05, 0) is 11.4 Å². The first-order valence-corrected chi connectivity index (χ1v) is 8.29. The highest BCUT2D eigenvalue weighted by Gasteiger charge is 2.26. The number of nitrogens with zero attached hydrogens (tertiary/aromatic N) is 4. The lowest BCUT2D eigenvalue weighted by atomic mass is 10.2. The zero-order chi connectivity index (χ0) is 17.1. The molecule has 0 radical (unpaired) electrons. The van der Waals surface area contributed by atoms with Crippen molar-refractivity contribution >= 4 is 29.1 Å². The molecule has 0 bridgehead atoms. The minimum Gasteiger partial charge on any atom is -0.480 e. The third-order valence-electron chi connectivity index (χ3n) is 3.76. The summed E-state index contributed by atoms with van der Waals surface area (Å²) in [7, 11) is 0. The van der Waals surface area contributed by atoms with E-state index in [0.29, 0.717) is 36.6 Å². The molecule has 2 aromatic heterocycles. The molecule has 0 saturated carbocycles. The van der Waals surface area contributed by atoms with Crippen LogP contribution in [0.3, 0.4) is 0 Å². The van der Waals surface area contributed by atoms with Gasteiger partial charge >= 0.3 is 5.97 Å². The SMILES string of the molecule is O=C(O)Cn1cc(C(=O)N2CCN(C(=O)c3cccs3)CC2)cn1. The molecule has 0 aromatic carbocycles. The van der Waals surface area contributed by atoms with Crippen LogP contribution < -0.4 is 0 Å². The number of carbonyl (C=O) groups excluding carboxylic acids is 2. The number of aliphatic carboxylic acids is 1. The van der Waals surface area contributed by atoms with E-state index in [-0.39, 0.29) is 18.4 Å². The lowest BCUT2D eigenvalue weighted by Crippen LogP contribution is -2.50. The summed E-state index contributed by atoms with van der Waals surface area (Å²) < 4.78 is 1.21. The Morgan fingerprint density at radius 3 is 2.38 bits per heavy atom. The molecule has 1 aliphatic rings. The summed E-state index contributed by atoms with van der Waals surface area (Å²) >= 11 is 1.41. The molecular weight excluding hydrogens is 332 g/mol. The highest BCUT2D eigenvalue weighted by Crippen LogP contribution is 2.15. The molecule has 2 aromatic rings. The number of hydrogen-bond acceptors (Lipinski definition) is 5. The van der Waals surface area contributed by atoms with E-state index < -0.39 is 5.97 Å². The van der Waals surface area contributed by atoms with Gasteiger partial charge in [0.05, 0.1) is 16.6 Å². The Morgan fingerprint density at radius 1 is 1.12 bits per heavy atom. The third kappa shape index (κ3) is 3.46. The Bertz CT molecular complexity index is 747. The van der Waals surface area contributed by atoms with Gasteiger partial charge < -0.3 is 14.9 Å². The minimum atomic E-state index is -1.02. The second-order valence-electron chi connectivity index (χ2n) is 5.38. The fraction of sp³-hybridized carbons (Fsp3) is 0.333. The maximum absolute atomic E-state index is 12.4. The van der Waals surface area contributed by atoms with Crippen LogP contribution >= 0.6 is 11.3 Å². The Kier molecular flexibility index (Phi) is 4.61. The largest absolute Gasteiger partial charge is 0.480 e. The summed E-state index contributed by atoms with van der Waals surface area (Å²) in [5.41, 5.74) is 0.356. The van der Waals surface area contributed by atoms with Gasteiger partial charge in [0, 0.05) is 32.4 Å². The van der Waals surface area contributed by atoms with Crippen molar-refractivity contribution in [3.63, 3.8) is 0 Å². The van der Waals surface area contributed by atoms with Crippen molar-refractivity contribution in [2.45, 2.75) is 6.54 Å². The van der Waals surface area contributed by atoms with Crippen LogP contribution in [0.15, 0.2) is 29.9 Å². The van der Waals surface area contributed by atoms with Gasteiger partial charge in [0.2, 0.25) is 0 Å². The molecule has 8 nitrogen and oxygen atoms in total. The van der Waals surface area contributed by atoms with Crippen LogP contribution in [-0.2, 0) is 11.3 Å². The molecule has 1 aliphatic heterocycles. The van der Waals surface area contributed by atoms with Gasteiger partial charge in [-0.25, -0.2) is 0 Å². The fourth-order valence-electron chi connectivity index (χ4n) is 2.55. The number of amides is 2. The summed E-state index contributed by atoms with van der Waals surface area (Å²) in [6.07, 6.45) is 2.80. The van der Waals surface area contributed by atoms with Crippen LogP contribution in [0.2, 0.25) is 0 Å². The van der Waals surface area contributed by atoms with Gasteiger partial charge in [0.25, 0.3) is 11.8 Å². The predicted octanol–water partition coefficient (Wildman–Crippen LogP) is 0.627. The molecule has 1 fully saturated rings. The van der Waals surface area contributed by atoms with Gasteiger partial charge in [-0.2, -0.15) is 5.10 Å². The maximum atomic E-state index is 12.4. The molecule has 3 heterocycles. The molecule has 2 amide bonds. The molecule has 3 rings (SSSR count). The zero-order valence-corrected chi connectivity index (χ0v) is 13.6. The molecule has 0 aliphatic carbocycles. The van der Waals surface area contributed by atoms with E-state index in [1.807, 2.05) is 11.4 Å². The average molecular weight is 348 g/mol. The Morgan fingerprint density at radius 2 is 1.79 bits per heavy atom. The summed E-state index contributed by atoms with van der Waals surface area (Å²) in [5.74, 6) is -1.22. The van der Waals surface area contributed by atoms with Crippen molar-refractivity contribution in [2.24, 2.45) is 0 Å². The molecule has 9 heteroatoms. The first-order chi connectivity index (χ1) is 11.5. The predicted molar refractivity (Wildman–Crippen MR) is 86.0 cm³/mol. The van der Waals surface area contributed by atoms with Gasteiger partial charge in [-0.1, -0.05) is 6.07 Å². The standard InChI is InChI=1S/C15H16N4O4S/c20-13(21)10-19-9-11(8-16-19)14(22)17-3-5-18(6-4-17)15(23)12-2-1-7-24-12/h1-2,7-9H,3-6,10H2,(H,20,21). The van der Waals surface area contributed by atoms with Crippen LogP contribution in [0.1, 0.15) is 20.0 Å². The number of thiophene rings is 1. The highest BCUT2D eigenvalue weighted by molar-refractivity contribution is 7.12. The first kappa shape index (κ1) is 16.2. The quantitative estimate of drug-likeness (QED) is 0.874. The number of hydrogen-bond donors (Lipinski definition) is 1. The number of aromatic nitrogens is 2. The van der Waals surface area contributed by atoms with Crippen LogP contribution in [0.25, 0.3) is 0 Å². The Labute approximate surface area is 141 Å². The van der Waals surface area contributed by atoms with Gasteiger partial charge in [0.1, 0.15) is 6.54 Å². The molecule has 126 valence electrons. The average Bonchev–Trinajstić information content (AvgIpc) is 3.25. The van der Waals surface area contributed by atoms with Gasteiger partial charge in [0.15, 0.2) is 0 Å². The van der Waals surface area contributed by atoms with Crippen LogP contribution in [0.4, 0.5) is 0 Å². The van der Waals surface area contributed by atoms with Crippen molar-refractivity contribution < 1.29 is 19.5 Å². The van der Waals surface area contributed by atoms with E-state index in [0.717, 1.165) is 0 Å². The van der Waals surface area contributed by atoms with Crippen LogP contribution in [0.5, 0.6) is 0 Å². The maximum Gasteiger partial charge on any atom is 0.325 e. The number of carbonyl (C=O) groups is 3. The molecular formula is C15H16N4O4S. The third-order valence-corrected chi connectivity index (χ3v) is 4.62. The van der Waals surface area contributed by atoms with Gasteiger partial charge in [-0.15, -0.1) is 11.3 Å². The summed E-state index contributed by atoms with van der Waals surface area (Å²) in [5, 5.41) is 14.5. The van der Waals surface area contributed by atoms with Crippen LogP contribution in [0, 0.1) is 0 Å². The minimum absolute atomic E-state index is 0.00798. The Balaban J connectivity index is 1.58. The summed E-state index contributed by atoms with van der Waals surface area (Å²) in [4.78, 5) is 39.5. The number of carboxylic acid groups (broad SMARTS) is 1. The second-order valence-corrected chi connectivity index (χ2v) is 6.33. The number of rotatable bonds is 4. The highest BCUT2D eigenvalue weighted by atomic mass is 32.1. The Hall–Kier alpha value is -2.68. The first-order valence-electron chi connectivity index (χ1n) is 7.41. The molecule has 0 unspecified atom stereocenters. The van der Waals surface area contributed by atoms with Crippen LogP contribution in [-0.4, -0.2) is 68.6 Å². The normalized spacial score (nSPS) is 14.7. The van der Waals surface area contributed by atoms with Gasteiger partial charge in [-0.3, -0.25) is 19.1 Å². The smallest absolute Gasteiger partial charge is 0.325 e. The molecule has 0 spiro atoms. The van der Waals surface area contributed by atoms with Crippen molar-refractivity contribution in [1.29, 1.82) is 0 Å². The van der Waals surface area contributed by atoms with Crippen molar-refractivity contribution in [1.82, 2.24) is 19.6 Å². The number of carboxylic acids is 1. The molecule has 24 heavy (non-hydrogen) atoms. The molecule has 0 atom stereocenters. The van der Waals surface area contributed by atoms with E-state index in [1.54, 1.807) is 15.9 Å². The number of piperazine rings is 1. The van der Waals surface area contributed by atoms with E-state index in [1.165, 1.54) is 28.4 Å². The second kappa shape index (κ2) is 6.83. The van der Waals surface area contributed by atoms with Crippen molar-refractivity contribution in [3.8, 4) is 0 Å². The summed E-state index contributed by atoms with van der Waals surface area (Å²) in [6.45, 7) is 1.56. The lowest BCUT2D eigenvalue weighted by molar-refractivity contribution is -0.137. The molecule has 1 saturated heterocycles.